The smallest absolute Gasteiger partial charge is 0.175 e. The Bertz CT molecular complexity index is 339. The molecule has 0 atom stereocenters. The Balaban J connectivity index is 2.84. The number of rotatable bonds is 6. The molecule has 4 heteroatoms. The molecule has 1 aromatic rings. The zero-order valence-electron chi connectivity index (χ0n) is 10.9. The second kappa shape index (κ2) is 7.48. The monoisotopic (exact) mass is 318 g/mol. The molecule has 1 rings (SSSR count). The summed E-state index contributed by atoms with van der Waals surface area (Å²) in [5, 5.41) is 0. The van der Waals surface area contributed by atoms with Crippen molar-refractivity contribution in [3.63, 3.8) is 0 Å². The minimum absolute atomic E-state index is 0.709. The summed E-state index contributed by atoms with van der Waals surface area (Å²) in [5.74, 6) is 0. The maximum absolute atomic E-state index is 5.66. The van der Waals surface area contributed by atoms with E-state index < -0.39 is 8.38 Å². The molecule has 0 aliphatic carbocycles. The minimum atomic E-state index is -0.794. The normalized spacial score (nSPS) is 11.2. The van der Waals surface area contributed by atoms with Crippen molar-refractivity contribution in [1.29, 1.82) is 0 Å². The van der Waals surface area contributed by atoms with E-state index in [1.165, 1.54) is 16.7 Å². The molecule has 0 unspecified atom stereocenters. The first kappa shape index (κ1) is 15.1. The highest BCUT2D eigenvalue weighted by atomic mass is 79.9. The summed E-state index contributed by atoms with van der Waals surface area (Å²) in [6, 6.07) is 4.29. The second-order valence-electron chi connectivity index (χ2n) is 3.84. The standard InChI is InChI=1S/C13H20BrO2P/c1-5-15-17(16-6-2)9-13-10(3)7-12(14)8-11(13)4/h7-8H,5-6,9H2,1-4H3. The fraction of sp³-hybridized carbons (Fsp3) is 0.538. The quantitative estimate of drug-likeness (QED) is 0.691. The van der Waals surface area contributed by atoms with Gasteiger partial charge in [-0.25, -0.2) is 0 Å². The summed E-state index contributed by atoms with van der Waals surface area (Å²) in [7, 11) is -0.794. The Hall–Kier alpha value is 0.0500. The maximum atomic E-state index is 5.66. The van der Waals surface area contributed by atoms with Crippen LogP contribution in [0.4, 0.5) is 0 Å². The first-order valence-electron chi connectivity index (χ1n) is 5.87. The molecule has 0 N–H and O–H groups in total. The topological polar surface area (TPSA) is 18.5 Å². The number of halogens is 1. The van der Waals surface area contributed by atoms with Crippen molar-refractivity contribution in [3.8, 4) is 0 Å². The van der Waals surface area contributed by atoms with Gasteiger partial charge < -0.3 is 9.05 Å². The van der Waals surface area contributed by atoms with Crippen LogP contribution in [-0.4, -0.2) is 13.2 Å². The van der Waals surface area contributed by atoms with Gasteiger partial charge in [-0.2, -0.15) is 0 Å². The fourth-order valence-corrected chi connectivity index (χ4v) is 4.01. The number of benzene rings is 1. The first-order chi connectivity index (χ1) is 8.08. The summed E-state index contributed by atoms with van der Waals surface area (Å²) in [6.45, 7) is 9.71. The Morgan fingerprint density at radius 2 is 1.53 bits per heavy atom. The van der Waals surface area contributed by atoms with Gasteiger partial charge in [-0.15, -0.1) is 0 Å². The molecule has 0 saturated heterocycles. The van der Waals surface area contributed by atoms with Crippen molar-refractivity contribution in [1.82, 2.24) is 0 Å². The molecule has 0 aliphatic rings. The fourth-order valence-electron chi connectivity index (χ4n) is 1.74. The van der Waals surface area contributed by atoms with E-state index in [1.54, 1.807) is 0 Å². The van der Waals surface area contributed by atoms with Gasteiger partial charge in [0.05, 0.1) is 13.2 Å². The van der Waals surface area contributed by atoms with Gasteiger partial charge >= 0.3 is 0 Å². The molecule has 1 aromatic carbocycles. The molecular weight excluding hydrogens is 299 g/mol. The van der Waals surface area contributed by atoms with Gasteiger partial charge in [0.2, 0.25) is 0 Å². The second-order valence-corrected chi connectivity index (χ2v) is 6.26. The predicted octanol–water partition coefficient (Wildman–Crippen LogP) is 4.95. The summed E-state index contributed by atoms with van der Waals surface area (Å²) < 4.78 is 12.4. The first-order valence-corrected chi connectivity index (χ1v) is 8.03. The van der Waals surface area contributed by atoms with E-state index in [1.807, 2.05) is 13.8 Å². The van der Waals surface area contributed by atoms with E-state index >= 15 is 0 Å². The number of aryl methyl sites for hydroxylation is 2. The largest absolute Gasteiger partial charge is 0.334 e. The van der Waals surface area contributed by atoms with Crippen LogP contribution in [0.15, 0.2) is 16.6 Å². The van der Waals surface area contributed by atoms with Crippen LogP contribution in [0.5, 0.6) is 0 Å². The summed E-state index contributed by atoms with van der Waals surface area (Å²) in [4.78, 5) is 0. The van der Waals surface area contributed by atoms with Crippen LogP contribution in [0.2, 0.25) is 0 Å². The van der Waals surface area contributed by atoms with E-state index in [2.05, 4.69) is 41.9 Å². The predicted molar refractivity (Wildman–Crippen MR) is 77.5 cm³/mol. The van der Waals surface area contributed by atoms with Crippen LogP contribution >= 0.6 is 24.3 Å². The molecule has 0 aromatic heterocycles. The van der Waals surface area contributed by atoms with Gasteiger partial charge in [-0.05, 0) is 56.5 Å². The van der Waals surface area contributed by atoms with Crippen molar-refractivity contribution in [3.05, 3.63) is 33.3 Å². The zero-order chi connectivity index (χ0) is 12.8. The lowest BCUT2D eigenvalue weighted by molar-refractivity contribution is 0.268. The van der Waals surface area contributed by atoms with E-state index in [-0.39, 0.29) is 0 Å². The SMILES string of the molecule is CCOP(Cc1c(C)cc(Br)cc1C)OCC. The molecule has 96 valence electrons. The molecule has 0 heterocycles. The summed E-state index contributed by atoms with van der Waals surface area (Å²) in [5.41, 5.74) is 3.94. The van der Waals surface area contributed by atoms with E-state index in [9.17, 15) is 0 Å². The van der Waals surface area contributed by atoms with Crippen molar-refractivity contribution in [2.45, 2.75) is 33.9 Å². The third-order valence-corrected chi connectivity index (χ3v) is 4.62. The lowest BCUT2D eigenvalue weighted by Gasteiger charge is -2.18. The van der Waals surface area contributed by atoms with Crippen LogP contribution in [0.25, 0.3) is 0 Å². The molecule has 0 saturated carbocycles. The Kier molecular flexibility index (Phi) is 6.65. The highest BCUT2D eigenvalue weighted by Gasteiger charge is 2.14. The summed E-state index contributed by atoms with van der Waals surface area (Å²) in [6.07, 6.45) is 0.877. The van der Waals surface area contributed by atoms with Crippen molar-refractivity contribution >= 4 is 24.3 Å². The molecule has 0 amide bonds. The molecule has 0 bridgehead atoms. The van der Waals surface area contributed by atoms with Gasteiger partial charge in [-0.1, -0.05) is 15.9 Å². The molecule has 0 spiro atoms. The van der Waals surface area contributed by atoms with E-state index in [4.69, 9.17) is 9.05 Å². The van der Waals surface area contributed by atoms with Crippen molar-refractivity contribution in [2.24, 2.45) is 0 Å². The Labute approximate surface area is 114 Å². The van der Waals surface area contributed by atoms with Crippen LogP contribution in [-0.2, 0) is 15.2 Å². The molecular formula is C13H20BrO2P. The maximum Gasteiger partial charge on any atom is 0.175 e. The van der Waals surface area contributed by atoms with Gasteiger partial charge in [-0.3, -0.25) is 0 Å². The highest BCUT2D eigenvalue weighted by molar-refractivity contribution is 9.10. The van der Waals surface area contributed by atoms with Gasteiger partial charge in [0.15, 0.2) is 8.38 Å². The Morgan fingerprint density at radius 3 is 1.94 bits per heavy atom. The average molecular weight is 319 g/mol. The third-order valence-electron chi connectivity index (χ3n) is 2.49. The number of hydrogen-bond donors (Lipinski definition) is 0. The van der Waals surface area contributed by atoms with Crippen LogP contribution < -0.4 is 0 Å². The van der Waals surface area contributed by atoms with Crippen LogP contribution in [0.1, 0.15) is 30.5 Å². The molecule has 17 heavy (non-hydrogen) atoms. The molecule has 0 fully saturated rings. The Morgan fingerprint density at radius 1 is 1.06 bits per heavy atom. The van der Waals surface area contributed by atoms with Crippen molar-refractivity contribution in [2.75, 3.05) is 13.2 Å². The van der Waals surface area contributed by atoms with Gasteiger partial charge in [0, 0.05) is 10.6 Å². The zero-order valence-corrected chi connectivity index (χ0v) is 13.4. The number of hydrogen-bond acceptors (Lipinski definition) is 2. The highest BCUT2D eigenvalue weighted by Crippen LogP contribution is 2.43. The van der Waals surface area contributed by atoms with E-state index in [0.29, 0.717) is 13.2 Å². The average Bonchev–Trinajstić information content (AvgIpc) is 2.23. The molecule has 0 aliphatic heterocycles. The summed E-state index contributed by atoms with van der Waals surface area (Å²) >= 11 is 3.52. The van der Waals surface area contributed by atoms with Gasteiger partial charge in [0.1, 0.15) is 0 Å². The lowest BCUT2D eigenvalue weighted by Crippen LogP contribution is -1.98. The van der Waals surface area contributed by atoms with E-state index in [0.717, 1.165) is 10.6 Å². The van der Waals surface area contributed by atoms with Crippen LogP contribution in [0.3, 0.4) is 0 Å². The lowest BCUT2D eigenvalue weighted by atomic mass is 10.1. The van der Waals surface area contributed by atoms with Gasteiger partial charge in [0.25, 0.3) is 0 Å². The third kappa shape index (κ3) is 4.67. The molecule has 0 radical (unpaired) electrons. The molecule has 2 nitrogen and oxygen atoms in total. The van der Waals surface area contributed by atoms with Crippen LogP contribution in [0, 0.1) is 13.8 Å². The van der Waals surface area contributed by atoms with Crippen molar-refractivity contribution < 1.29 is 9.05 Å². The minimum Gasteiger partial charge on any atom is -0.334 e.